The van der Waals surface area contributed by atoms with Crippen LogP contribution in [0.15, 0.2) is 5.38 Å². The van der Waals surface area contributed by atoms with Crippen molar-refractivity contribution in [2.75, 3.05) is 6.61 Å². The number of hydrogen-bond donors (Lipinski definition) is 0. The largest absolute Gasteiger partial charge is 0.376 e. The number of halogens is 1. The monoisotopic (exact) mass is 281 g/mol. The van der Waals surface area contributed by atoms with Crippen molar-refractivity contribution < 1.29 is 4.74 Å². The first-order valence-electron chi connectivity index (χ1n) is 5.75. The van der Waals surface area contributed by atoms with Crippen molar-refractivity contribution in [2.45, 2.75) is 26.4 Å². The average molecular weight is 282 g/mol. The molecule has 4 nitrogen and oxygen atoms in total. The molecule has 1 aliphatic rings. The fourth-order valence-corrected chi connectivity index (χ4v) is 2.85. The van der Waals surface area contributed by atoms with E-state index in [1.807, 2.05) is 12.3 Å². The third-order valence-corrected chi connectivity index (χ3v) is 3.96. The third-order valence-electron chi connectivity index (χ3n) is 2.82. The molecular formula is C12H12ClN3OS. The molecule has 0 bridgehead atoms. The molecule has 0 amide bonds. The van der Waals surface area contributed by atoms with Gasteiger partial charge in [0.25, 0.3) is 0 Å². The van der Waals surface area contributed by atoms with Crippen LogP contribution in [0.2, 0.25) is 5.15 Å². The molecule has 0 atom stereocenters. The van der Waals surface area contributed by atoms with E-state index in [0.717, 1.165) is 34.2 Å². The van der Waals surface area contributed by atoms with Gasteiger partial charge in [-0.1, -0.05) is 11.6 Å². The highest BCUT2D eigenvalue weighted by Crippen LogP contribution is 2.23. The fraction of sp³-hybridized carbons (Fsp3) is 0.417. The second kappa shape index (κ2) is 4.91. The van der Waals surface area contributed by atoms with Gasteiger partial charge in [0.2, 0.25) is 0 Å². The van der Waals surface area contributed by atoms with E-state index in [4.69, 9.17) is 16.3 Å². The van der Waals surface area contributed by atoms with Gasteiger partial charge < -0.3 is 4.74 Å². The summed E-state index contributed by atoms with van der Waals surface area (Å²) in [4.78, 5) is 13.3. The maximum absolute atomic E-state index is 6.17. The smallest absolute Gasteiger partial charge is 0.138 e. The van der Waals surface area contributed by atoms with Gasteiger partial charge in [0.05, 0.1) is 36.0 Å². The topological polar surface area (TPSA) is 47.9 Å². The van der Waals surface area contributed by atoms with Gasteiger partial charge in [-0.25, -0.2) is 15.0 Å². The number of ether oxygens (including phenoxy) is 1. The normalized spacial score (nSPS) is 14.6. The molecule has 3 rings (SSSR count). The summed E-state index contributed by atoms with van der Waals surface area (Å²) in [6.45, 7) is 3.21. The predicted molar refractivity (Wildman–Crippen MR) is 70.1 cm³/mol. The Kier molecular flexibility index (Phi) is 3.28. The van der Waals surface area contributed by atoms with E-state index in [-0.39, 0.29) is 0 Å². The Balaban J connectivity index is 1.91. The highest BCUT2D eigenvalue weighted by Gasteiger charge is 2.17. The predicted octanol–water partition coefficient (Wildman–Crippen LogP) is 2.56. The lowest BCUT2D eigenvalue weighted by molar-refractivity contribution is 0.109. The highest BCUT2D eigenvalue weighted by molar-refractivity contribution is 7.09. The lowest BCUT2D eigenvalue weighted by Gasteiger charge is -2.16. The quantitative estimate of drug-likeness (QED) is 0.794. The van der Waals surface area contributed by atoms with Crippen molar-refractivity contribution in [3.63, 3.8) is 0 Å². The second-order valence-corrected chi connectivity index (χ2v) is 5.61. The molecule has 0 aromatic carbocycles. The maximum atomic E-state index is 6.17. The summed E-state index contributed by atoms with van der Waals surface area (Å²) in [7, 11) is 0. The van der Waals surface area contributed by atoms with Gasteiger partial charge in [0.1, 0.15) is 11.0 Å². The molecule has 1 aliphatic heterocycles. The van der Waals surface area contributed by atoms with Crippen LogP contribution in [0.1, 0.15) is 27.8 Å². The van der Waals surface area contributed by atoms with Gasteiger partial charge >= 0.3 is 0 Å². The molecule has 0 unspecified atom stereocenters. The van der Waals surface area contributed by atoms with Gasteiger partial charge in [0.15, 0.2) is 0 Å². The first-order valence-corrected chi connectivity index (χ1v) is 7.01. The molecule has 0 spiro atoms. The summed E-state index contributed by atoms with van der Waals surface area (Å²) >= 11 is 7.81. The number of hydrogen-bond acceptors (Lipinski definition) is 5. The average Bonchev–Trinajstić information content (AvgIpc) is 2.75. The molecule has 3 heterocycles. The molecule has 0 aliphatic carbocycles. The fourth-order valence-electron chi connectivity index (χ4n) is 1.97. The SMILES string of the molecule is Cc1nc(Cc2nc(Cl)c3c(n2)CCOC3)cs1. The van der Waals surface area contributed by atoms with Crippen LogP contribution in [0.5, 0.6) is 0 Å². The van der Waals surface area contributed by atoms with E-state index in [1.54, 1.807) is 11.3 Å². The Hall–Kier alpha value is -1.04. The van der Waals surface area contributed by atoms with Crippen LogP contribution in [0.4, 0.5) is 0 Å². The van der Waals surface area contributed by atoms with Crippen LogP contribution < -0.4 is 0 Å². The van der Waals surface area contributed by atoms with Gasteiger partial charge in [-0.2, -0.15) is 0 Å². The van der Waals surface area contributed by atoms with Crippen molar-refractivity contribution in [1.82, 2.24) is 15.0 Å². The van der Waals surface area contributed by atoms with Crippen LogP contribution in [0, 0.1) is 6.92 Å². The first kappa shape index (κ1) is 12.0. The Morgan fingerprint density at radius 3 is 3.06 bits per heavy atom. The zero-order valence-corrected chi connectivity index (χ0v) is 11.5. The molecule has 18 heavy (non-hydrogen) atoms. The third kappa shape index (κ3) is 2.39. The van der Waals surface area contributed by atoms with Crippen molar-refractivity contribution in [3.05, 3.63) is 38.3 Å². The van der Waals surface area contributed by atoms with Crippen LogP contribution in [-0.2, 0) is 24.2 Å². The summed E-state index contributed by atoms with van der Waals surface area (Å²) in [6, 6.07) is 0. The molecule has 2 aromatic rings. The van der Waals surface area contributed by atoms with Crippen LogP contribution in [0.3, 0.4) is 0 Å². The van der Waals surface area contributed by atoms with Crippen LogP contribution >= 0.6 is 22.9 Å². The number of fused-ring (bicyclic) bond motifs is 1. The standard InChI is InChI=1S/C12H12ClN3OS/c1-7-14-8(6-18-7)4-11-15-10-2-3-17-5-9(10)12(13)16-11/h6H,2-5H2,1H3. The first-order chi connectivity index (χ1) is 8.72. The van der Waals surface area contributed by atoms with E-state index in [1.165, 1.54) is 0 Å². The van der Waals surface area contributed by atoms with Gasteiger partial charge in [-0.05, 0) is 6.92 Å². The molecular weight excluding hydrogens is 270 g/mol. The van der Waals surface area contributed by atoms with Crippen molar-refractivity contribution in [3.8, 4) is 0 Å². The highest BCUT2D eigenvalue weighted by atomic mass is 35.5. The van der Waals surface area contributed by atoms with E-state index < -0.39 is 0 Å². The maximum Gasteiger partial charge on any atom is 0.138 e. The van der Waals surface area contributed by atoms with Gasteiger partial charge in [-0.3, -0.25) is 0 Å². The Bertz CT molecular complexity index is 585. The minimum atomic E-state index is 0.515. The minimum Gasteiger partial charge on any atom is -0.376 e. The second-order valence-electron chi connectivity index (χ2n) is 4.19. The number of rotatable bonds is 2. The number of thiazole rings is 1. The Morgan fingerprint density at radius 1 is 1.39 bits per heavy atom. The zero-order chi connectivity index (χ0) is 12.5. The van der Waals surface area contributed by atoms with E-state index in [0.29, 0.717) is 24.8 Å². The summed E-state index contributed by atoms with van der Waals surface area (Å²) < 4.78 is 5.36. The molecule has 6 heteroatoms. The molecule has 2 aromatic heterocycles. The van der Waals surface area contributed by atoms with Crippen molar-refractivity contribution in [2.24, 2.45) is 0 Å². The lowest BCUT2D eigenvalue weighted by Crippen LogP contribution is -2.15. The summed E-state index contributed by atoms with van der Waals surface area (Å²) in [5.74, 6) is 0.742. The summed E-state index contributed by atoms with van der Waals surface area (Å²) in [6.07, 6.45) is 1.44. The molecule has 0 fully saturated rings. The number of aryl methyl sites for hydroxylation is 1. The molecule has 0 saturated carbocycles. The van der Waals surface area contributed by atoms with E-state index >= 15 is 0 Å². The van der Waals surface area contributed by atoms with Crippen LogP contribution in [-0.4, -0.2) is 21.6 Å². The van der Waals surface area contributed by atoms with Gasteiger partial charge in [0, 0.05) is 17.4 Å². The minimum absolute atomic E-state index is 0.515. The Labute approximate surface area is 114 Å². The molecule has 94 valence electrons. The molecule has 0 N–H and O–H groups in total. The lowest BCUT2D eigenvalue weighted by atomic mass is 10.1. The Morgan fingerprint density at radius 2 is 2.28 bits per heavy atom. The van der Waals surface area contributed by atoms with Crippen molar-refractivity contribution in [1.29, 1.82) is 0 Å². The van der Waals surface area contributed by atoms with Crippen molar-refractivity contribution >= 4 is 22.9 Å². The van der Waals surface area contributed by atoms with Gasteiger partial charge in [-0.15, -0.1) is 11.3 Å². The number of nitrogens with zero attached hydrogens (tertiary/aromatic N) is 3. The molecule has 0 radical (unpaired) electrons. The number of aromatic nitrogens is 3. The zero-order valence-electron chi connectivity index (χ0n) is 9.94. The van der Waals surface area contributed by atoms with Crippen LogP contribution in [0.25, 0.3) is 0 Å². The van der Waals surface area contributed by atoms with E-state index in [2.05, 4.69) is 15.0 Å². The molecule has 0 saturated heterocycles. The summed E-state index contributed by atoms with van der Waals surface area (Å²) in [5.41, 5.74) is 2.95. The van der Waals surface area contributed by atoms with E-state index in [9.17, 15) is 0 Å². The summed E-state index contributed by atoms with van der Waals surface area (Å²) in [5, 5.41) is 3.61.